The summed E-state index contributed by atoms with van der Waals surface area (Å²) in [6.45, 7) is 14.7. The van der Waals surface area contributed by atoms with E-state index < -0.39 is 0 Å². The number of aryl methyl sites for hydroxylation is 2. The highest BCUT2D eigenvalue weighted by molar-refractivity contribution is 7.22. The van der Waals surface area contributed by atoms with Crippen molar-refractivity contribution in [1.82, 2.24) is 4.98 Å². The first-order chi connectivity index (χ1) is 14.5. The second kappa shape index (κ2) is 10.0. The van der Waals surface area contributed by atoms with Crippen molar-refractivity contribution in [1.29, 1.82) is 0 Å². The largest absolute Gasteiger partial charge is 0.494 e. The third-order valence-corrected chi connectivity index (χ3v) is 6.62. The molecule has 0 unspecified atom stereocenters. The average molecular weight is 427 g/mol. The molecule has 0 saturated carbocycles. The normalized spacial score (nSPS) is 11.3. The van der Waals surface area contributed by atoms with E-state index in [0.717, 1.165) is 46.3 Å². The van der Waals surface area contributed by atoms with Crippen molar-refractivity contribution < 1.29 is 14.4 Å². The summed E-state index contributed by atoms with van der Waals surface area (Å²) in [7, 11) is 0. The van der Waals surface area contributed by atoms with Gasteiger partial charge in [-0.25, -0.2) is 4.98 Å². The van der Waals surface area contributed by atoms with Gasteiger partial charge >= 0.3 is 0 Å². The maximum atomic E-state index is 13.5. The predicted octanol–water partition coefficient (Wildman–Crippen LogP) is 3.88. The fraction of sp³-hybridized carbons (Fsp3) is 0.417. The van der Waals surface area contributed by atoms with Crippen molar-refractivity contribution >= 4 is 32.6 Å². The van der Waals surface area contributed by atoms with Gasteiger partial charge in [-0.1, -0.05) is 17.4 Å². The Morgan fingerprint density at radius 3 is 2.50 bits per heavy atom. The number of quaternary nitrogens is 1. The molecule has 1 heterocycles. The Bertz CT molecular complexity index is 1010. The van der Waals surface area contributed by atoms with Crippen LogP contribution in [0.15, 0.2) is 36.4 Å². The molecule has 160 valence electrons. The highest BCUT2D eigenvalue weighted by atomic mass is 32.1. The van der Waals surface area contributed by atoms with Crippen LogP contribution in [-0.4, -0.2) is 43.7 Å². The highest BCUT2D eigenvalue weighted by Gasteiger charge is 2.23. The summed E-state index contributed by atoms with van der Waals surface area (Å²) in [4.78, 5) is 21.6. The summed E-state index contributed by atoms with van der Waals surface area (Å²) in [6.07, 6.45) is 0. The van der Waals surface area contributed by atoms with Crippen molar-refractivity contribution in [2.75, 3.05) is 37.7 Å². The molecular formula is C24H32N3O2S+. The number of amides is 1. The Morgan fingerprint density at radius 1 is 1.07 bits per heavy atom. The predicted molar refractivity (Wildman–Crippen MR) is 125 cm³/mol. The van der Waals surface area contributed by atoms with Gasteiger partial charge in [0.15, 0.2) is 5.13 Å². The first-order valence-electron chi connectivity index (χ1n) is 10.7. The number of aromatic nitrogens is 1. The summed E-state index contributed by atoms with van der Waals surface area (Å²) < 4.78 is 6.66. The molecular weight excluding hydrogens is 394 g/mol. The van der Waals surface area contributed by atoms with Gasteiger partial charge < -0.3 is 9.64 Å². The SMILES string of the molecule is CCOc1ccc2nc(N(CC[NH+](CC)CC)C(=O)c3ccc(C)c(C)c3)sc2c1. The van der Waals surface area contributed by atoms with Gasteiger partial charge in [-0.05, 0) is 76.1 Å². The Labute approximate surface area is 183 Å². The number of hydrogen-bond acceptors (Lipinski definition) is 4. The van der Waals surface area contributed by atoms with Gasteiger partial charge in [0.1, 0.15) is 5.75 Å². The highest BCUT2D eigenvalue weighted by Crippen LogP contribution is 2.32. The molecule has 0 aliphatic rings. The lowest BCUT2D eigenvalue weighted by atomic mass is 10.1. The number of ether oxygens (including phenoxy) is 1. The van der Waals surface area contributed by atoms with Gasteiger partial charge in [-0.15, -0.1) is 0 Å². The molecule has 0 fully saturated rings. The standard InChI is InChI=1S/C24H31N3O2S/c1-6-26(7-2)13-14-27(23(28)19-10-9-17(4)18(5)15-19)24-25-21-12-11-20(29-8-3)16-22(21)30-24/h9-12,15-16H,6-8,13-14H2,1-5H3/p+1. The third kappa shape index (κ3) is 4.99. The van der Waals surface area contributed by atoms with E-state index in [1.54, 1.807) is 11.3 Å². The topological polar surface area (TPSA) is 46.9 Å². The monoisotopic (exact) mass is 426 g/mol. The van der Waals surface area contributed by atoms with Crippen LogP contribution >= 0.6 is 11.3 Å². The lowest BCUT2D eigenvalue weighted by Crippen LogP contribution is -3.12. The molecule has 0 aliphatic carbocycles. The Kier molecular flexibility index (Phi) is 7.45. The first-order valence-corrected chi connectivity index (χ1v) is 11.5. The molecule has 0 saturated heterocycles. The number of benzene rings is 2. The molecule has 2 aromatic carbocycles. The van der Waals surface area contributed by atoms with Crippen molar-refractivity contribution in [2.45, 2.75) is 34.6 Å². The van der Waals surface area contributed by atoms with Crippen molar-refractivity contribution in [3.63, 3.8) is 0 Å². The van der Waals surface area contributed by atoms with Crippen molar-refractivity contribution in [3.05, 3.63) is 53.1 Å². The number of carbonyl (C=O) groups is 1. The minimum absolute atomic E-state index is 0.00810. The molecule has 5 nitrogen and oxygen atoms in total. The second-order valence-corrected chi connectivity index (χ2v) is 8.53. The molecule has 30 heavy (non-hydrogen) atoms. The van der Waals surface area contributed by atoms with E-state index in [2.05, 4.69) is 20.8 Å². The lowest BCUT2D eigenvalue weighted by Gasteiger charge is -2.23. The van der Waals surface area contributed by atoms with E-state index in [4.69, 9.17) is 9.72 Å². The zero-order chi connectivity index (χ0) is 21.7. The Morgan fingerprint density at radius 2 is 1.83 bits per heavy atom. The third-order valence-electron chi connectivity index (χ3n) is 5.58. The molecule has 0 aliphatic heterocycles. The van der Waals surface area contributed by atoms with Gasteiger partial charge in [0, 0.05) is 5.56 Å². The van der Waals surface area contributed by atoms with Crippen LogP contribution in [0.25, 0.3) is 10.2 Å². The fourth-order valence-electron chi connectivity index (χ4n) is 3.45. The molecule has 0 radical (unpaired) electrons. The van der Waals surface area contributed by atoms with Crippen LogP contribution in [0.2, 0.25) is 0 Å². The van der Waals surface area contributed by atoms with Crippen molar-refractivity contribution in [2.24, 2.45) is 0 Å². The van der Waals surface area contributed by atoms with Crippen molar-refractivity contribution in [3.8, 4) is 5.75 Å². The molecule has 1 amide bonds. The van der Waals surface area contributed by atoms with Crippen LogP contribution in [0.5, 0.6) is 5.75 Å². The van der Waals surface area contributed by atoms with Crippen LogP contribution in [0.4, 0.5) is 5.13 Å². The van der Waals surface area contributed by atoms with E-state index in [1.165, 1.54) is 10.5 Å². The number of anilines is 1. The van der Waals surface area contributed by atoms with Crippen LogP contribution in [0.3, 0.4) is 0 Å². The number of nitrogens with one attached hydrogen (secondary N) is 1. The summed E-state index contributed by atoms with van der Waals surface area (Å²) in [5, 5.41) is 0.744. The summed E-state index contributed by atoms with van der Waals surface area (Å²) in [5.41, 5.74) is 3.92. The fourth-order valence-corrected chi connectivity index (χ4v) is 4.47. The molecule has 3 rings (SSSR count). The van der Waals surface area contributed by atoms with E-state index in [0.29, 0.717) is 18.7 Å². The van der Waals surface area contributed by atoms with Crippen LogP contribution in [0.1, 0.15) is 42.3 Å². The van der Waals surface area contributed by atoms with Gasteiger partial charge in [0.05, 0.1) is 43.0 Å². The number of carbonyl (C=O) groups excluding carboxylic acids is 1. The molecule has 0 atom stereocenters. The molecule has 0 bridgehead atoms. The molecule has 1 aromatic heterocycles. The molecule has 6 heteroatoms. The number of thiazole rings is 1. The number of rotatable bonds is 9. The maximum absolute atomic E-state index is 13.5. The van der Waals surface area contributed by atoms with E-state index in [1.807, 2.05) is 55.1 Å². The number of hydrogen-bond donors (Lipinski definition) is 1. The Hall–Kier alpha value is -2.44. The van der Waals surface area contributed by atoms with E-state index >= 15 is 0 Å². The van der Waals surface area contributed by atoms with Gasteiger partial charge in [-0.3, -0.25) is 9.69 Å². The maximum Gasteiger partial charge on any atom is 0.260 e. The zero-order valence-electron chi connectivity index (χ0n) is 18.6. The zero-order valence-corrected chi connectivity index (χ0v) is 19.4. The van der Waals surface area contributed by atoms with E-state index in [-0.39, 0.29) is 5.91 Å². The second-order valence-electron chi connectivity index (χ2n) is 7.52. The summed E-state index contributed by atoms with van der Waals surface area (Å²) in [5.74, 6) is 0.841. The minimum atomic E-state index is 0.00810. The van der Waals surface area contributed by atoms with Gasteiger partial charge in [0.2, 0.25) is 0 Å². The smallest absolute Gasteiger partial charge is 0.260 e. The quantitative estimate of drug-likeness (QED) is 0.565. The summed E-state index contributed by atoms with van der Waals surface area (Å²) in [6, 6.07) is 11.8. The lowest BCUT2D eigenvalue weighted by molar-refractivity contribution is -0.894. The number of likely N-dealkylation sites (N-methyl/N-ethyl adjacent to an activating group) is 1. The Balaban J connectivity index is 1.96. The first kappa shape index (κ1) is 22.2. The van der Waals surface area contributed by atoms with Crippen LogP contribution < -0.4 is 14.5 Å². The number of nitrogens with zero attached hydrogens (tertiary/aromatic N) is 2. The molecule has 3 aromatic rings. The minimum Gasteiger partial charge on any atom is -0.494 e. The van der Waals surface area contributed by atoms with E-state index in [9.17, 15) is 4.79 Å². The van der Waals surface area contributed by atoms with Gasteiger partial charge in [0.25, 0.3) is 5.91 Å². The van der Waals surface area contributed by atoms with Crippen LogP contribution in [0, 0.1) is 13.8 Å². The molecule has 0 spiro atoms. The average Bonchev–Trinajstić information content (AvgIpc) is 3.16. The summed E-state index contributed by atoms with van der Waals surface area (Å²) >= 11 is 1.55. The van der Waals surface area contributed by atoms with Crippen LogP contribution in [-0.2, 0) is 0 Å². The molecule has 1 N–H and O–H groups in total. The number of fused-ring (bicyclic) bond motifs is 1. The van der Waals surface area contributed by atoms with Gasteiger partial charge in [-0.2, -0.15) is 0 Å².